The molecule has 0 saturated carbocycles. The number of nitrogens with two attached hydrogens (primary N) is 2. The topological polar surface area (TPSA) is 77.8 Å². The smallest absolute Gasteiger partial charge is 0.128 e. The van der Waals surface area contributed by atoms with Gasteiger partial charge in [-0.3, -0.25) is 4.98 Å². The highest BCUT2D eigenvalue weighted by atomic mass is 14.8. The molecule has 0 aromatic carbocycles. The van der Waals surface area contributed by atoms with Crippen molar-refractivity contribution in [2.75, 3.05) is 5.73 Å². The fourth-order valence-electron chi connectivity index (χ4n) is 1.63. The molecular weight excluding hydrogens is 200 g/mol. The van der Waals surface area contributed by atoms with E-state index in [-0.39, 0.29) is 6.04 Å². The molecule has 4 N–H and O–H groups in total. The zero-order valence-electron chi connectivity index (χ0n) is 8.88. The van der Waals surface area contributed by atoms with Crippen molar-refractivity contribution in [2.24, 2.45) is 5.73 Å². The maximum absolute atomic E-state index is 6.08. The molecule has 0 amide bonds. The summed E-state index contributed by atoms with van der Waals surface area (Å²) in [7, 11) is 0. The van der Waals surface area contributed by atoms with Gasteiger partial charge in [-0.25, -0.2) is 4.98 Å². The summed E-state index contributed by atoms with van der Waals surface area (Å²) in [5.74, 6) is 0.499. The van der Waals surface area contributed by atoms with Gasteiger partial charge in [0.2, 0.25) is 0 Å². The average Bonchev–Trinajstić information content (AvgIpc) is 2.31. The summed E-state index contributed by atoms with van der Waals surface area (Å²) < 4.78 is 0. The summed E-state index contributed by atoms with van der Waals surface area (Å²) in [6.07, 6.45) is 5.93. The van der Waals surface area contributed by atoms with Crippen molar-refractivity contribution >= 4 is 5.82 Å². The first-order chi connectivity index (χ1) is 7.77. The molecule has 0 radical (unpaired) electrons. The summed E-state index contributed by atoms with van der Waals surface area (Å²) in [4.78, 5) is 8.08. The summed E-state index contributed by atoms with van der Waals surface area (Å²) in [5.41, 5.74) is 13.8. The minimum absolute atomic E-state index is 0.141. The third-order valence-corrected chi connectivity index (χ3v) is 2.45. The Morgan fingerprint density at radius 1 is 1.19 bits per heavy atom. The number of hydrogen-bond donors (Lipinski definition) is 2. The number of anilines is 1. The second-order valence-electron chi connectivity index (χ2n) is 3.65. The Bertz CT molecular complexity index is 456. The van der Waals surface area contributed by atoms with Crippen LogP contribution in [0, 0.1) is 0 Å². The summed E-state index contributed by atoms with van der Waals surface area (Å²) in [6.45, 7) is 0. The molecule has 0 spiro atoms. The highest BCUT2D eigenvalue weighted by Crippen LogP contribution is 2.19. The zero-order chi connectivity index (χ0) is 11.4. The highest BCUT2D eigenvalue weighted by Gasteiger charge is 2.10. The molecule has 2 aromatic rings. The number of nitrogens with zero attached hydrogens (tertiary/aromatic N) is 2. The molecule has 1 unspecified atom stereocenters. The van der Waals surface area contributed by atoms with Gasteiger partial charge in [-0.1, -0.05) is 12.1 Å². The Balaban J connectivity index is 2.15. The molecule has 1 atom stereocenters. The molecule has 0 aliphatic carbocycles. The Hall–Kier alpha value is -1.94. The van der Waals surface area contributed by atoms with Crippen LogP contribution < -0.4 is 11.5 Å². The lowest BCUT2D eigenvalue weighted by atomic mass is 10.0. The Morgan fingerprint density at radius 3 is 2.69 bits per heavy atom. The molecule has 2 rings (SSSR count). The molecule has 4 nitrogen and oxygen atoms in total. The minimum Gasteiger partial charge on any atom is -0.383 e. The van der Waals surface area contributed by atoms with E-state index in [1.165, 1.54) is 0 Å². The zero-order valence-corrected chi connectivity index (χ0v) is 8.88. The minimum atomic E-state index is -0.141. The average molecular weight is 214 g/mol. The SMILES string of the molecule is Nc1ncccc1C(N)Cc1cccnc1. The molecular formula is C12H14N4. The summed E-state index contributed by atoms with van der Waals surface area (Å²) >= 11 is 0. The molecule has 82 valence electrons. The number of rotatable bonds is 3. The van der Waals surface area contributed by atoms with E-state index >= 15 is 0 Å². The van der Waals surface area contributed by atoms with Crippen LogP contribution >= 0.6 is 0 Å². The van der Waals surface area contributed by atoms with Crippen LogP contribution in [0.1, 0.15) is 17.2 Å². The van der Waals surface area contributed by atoms with Crippen molar-refractivity contribution in [2.45, 2.75) is 12.5 Å². The molecule has 2 aromatic heterocycles. The molecule has 0 bridgehead atoms. The highest BCUT2D eigenvalue weighted by molar-refractivity contribution is 5.41. The van der Waals surface area contributed by atoms with Gasteiger partial charge >= 0.3 is 0 Å². The summed E-state index contributed by atoms with van der Waals surface area (Å²) in [5, 5.41) is 0. The molecule has 0 aliphatic heterocycles. The van der Waals surface area contributed by atoms with Gasteiger partial charge in [-0.15, -0.1) is 0 Å². The number of pyridine rings is 2. The van der Waals surface area contributed by atoms with Gasteiger partial charge in [0.25, 0.3) is 0 Å². The number of aromatic nitrogens is 2. The van der Waals surface area contributed by atoms with Gasteiger partial charge < -0.3 is 11.5 Å². The lowest BCUT2D eigenvalue weighted by Gasteiger charge is -2.13. The van der Waals surface area contributed by atoms with Crippen molar-refractivity contribution in [3.63, 3.8) is 0 Å². The second kappa shape index (κ2) is 4.72. The fourth-order valence-corrected chi connectivity index (χ4v) is 1.63. The van der Waals surface area contributed by atoms with E-state index in [2.05, 4.69) is 9.97 Å². The van der Waals surface area contributed by atoms with Crippen molar-refractivity contribution in [3.8, 4) is 0 Å². The van der Waals surface area contributed by atoms with Crippen molar-refractivity contribution in [1.82, 2.24) is 9.97 Å². The molecule has 0 saturated heterocycles. The first kappa shape index (κ1) is 10.6. The quantitative estimate of drug-likeness (QED) is 0.807. The van der Waals surface area contributed by atoms with E-state index in [1.807, 2.05) is 30.5 Å². The summed E-state index contributed by atoms with van der Waals surface area (Å²) in [6, 6.07) is 7.50. The first-order valence-corrected chi connectivity index (χ1v) is 5.12. The molecule has 0 fully saturated rings. The number of nitrogen functional groups attached to an aromatic ring is 1. The first-order valence-electron chi connectivity index (χ1n) is 5.12. The van der Waals surface area contributed by atoms with Crippen LogP contribution in [0.2, 0.25) is 0 Å². The van der Waals surface area contributed by atoms with Crippen LogP contribution in [0.3, 0.4) is 0 Å². The lowest BCUT2D eigenvalue weighted by Crippen LogP contribution is -2.15. The second-order valence-corrected chi connectivity index (χ2v) is 3.65. The fraction of sp³-hybridized carbons (Fsp3) is 0.167. The van der Waals surface area contributed by atoms with Crippen molar-refractivity contribution < 1.29 is 0 Å². The van der Waals surface area contributed by atoms with Crippen molar-refractivity contribution in [1.29, 1.82) is 0 Å². The van der Waals surface area contributed by atoms with Gasteiger partial charge in [-0.05, 0) is 24.1 Å². The molecule has 2 heterocycles. The van der Waals surface area contributed by atoms with Crippen LogP contribution in [0.25, 0.3) is 0 Å². The van der Waals surface area contributed by atoms with Gasteiger partial charge in [0, 0.05) is 30.2 Å². The van der Waals surface area contributed by atoms with Crippen LogP contribution in [0.15, 0.2) is 42.9 Å². The predicted molar refractivity (Wildman–Crippen MR) is 63.5 cm³/mol. The van der Waals surface area contributed by atoms with Gasteiger partial charge in [0.1, 0.15) is 5.82 Å². The van der Waals surface area contributed by atoms with Gasteiger partial charge in [0.05, 0.1) is 0 Å². The van der Waals surface area contributed by atoms with Crippen LogP contribution in [0.4, 0.5) is 5.82 Å². The largest absolute Gasteiger partial charge is 0.383 e. The van der Waals surface area contributed by atoms with Crippen LogP contribution in [0.5, 0.6) is 0 Å². The monoisotopic (exact) mass is 214 g/mol. The number of hydrogen-bond acceptors (Lipinski definition) is 4. The molecule has 16 heavy (non-hydrogen) atoms. The maximum Gasteiger partial charge on any atom is 0.128 e. The predicted octanol–water partition coefficient (Wildman–Crippen LogP) is 1.30. The molecule has 0 aliphatic rings. The van der Waals surface area contributed by atoms with Crippen molar-refractivity contribution in [3.05, 3.63) is 54.0 Å². The third-order valence-electron chi connectivity index (χ3n) is 2.45. The van der Waals surface area contributed by atoms with E-state index in [4.69, 9.17) is 11.5 Å². The van der Waals surface area contributed by atoms with E-state index < -0.39 is 0 Å². The normalized spacial score (nSPS) is 12.3. The van der Waals surface area contributed by atoms with E-state index in [0.717, 1.165) is 11.1 Å². The van der Waals surface area contributed by atoms with E-state index in [1.54, 1.807) is 12.4 Å². The molecule has 4 heteroatoms. The van der Waals surface area contributed by atoms with E-state index in [0.29, 0.717) is 12.2 Å². The van der Waals surface area contributed by atoms with E-state index in [9.17, 15) is 0 Å². The van der Waals surface area contributed by atoms with Gasteiger partial charge in [-0.2, -0.15) is 0 Å². The third kappa shape index (κ3) is 2.35. The Morgan fingerprint density at radius 2 is 2.00 bits per heavy atom. The van der Waals surface area contributed by atoms with Gasteiger partial charge in [0.15, 0.2) is 0 Å². The maximum atomic E-state index is 6.08. The van der Waals surface area contributed by atoms with Crippen LogP contribution in [-0.2, 0) is 6.42 Å². The Labute approximate surface area is 94.3 Å². The lowest BCUT2D eigenvalue weighted by molar-refractivity contribution is 0.719. The Kier molecular flexibility index (Phi) is 3.12. The van der Waals surface area contributed by atoms with Crippen LogP contribution in [-0.4, -0.2) is 9.97 Å². The standard InChI is InChI=1S/C12H14N4/c13-11(7-9-3-1-5-15-8-9)10-4-2-6-16-12(10)14/h1-6,8,11H,7,13H2,(H2,14,16).